The summed E-state index contributed by atoms with van der Waals surface area (Å²) < 4.78 is 0. The van der Waals surface area contributed by atoms with Crippen molar-refractivity contribution in [3.8, 4) is 0 Å². The Morgan fingerprint density at radius 1 is 1.12 bits per heavy atom. The van der Waals surface area contributed by atoms with Crippen molar-refractivity contribution >= 4 is 5.69 Å². The van der Waals surface area contributed by atoms with Gasteiger partial charge in [0, 0.05) is 24.1 Å². The first-order valence-corrected chi connectivity index (χ1v) is 6.03. The van der Waals surface area contributed by atoms with Crippen LogP contribution < -0.4 is 4.90 Å². The van der Waals surface area contributed by atoms with Crippen molar-refractivity contribution in [3.05, 3.63) is 42.7 Å². The Morgan fingerprint density at radius 2 is 1.81 bits per heavy atom. The third-order valence-corrected chi connectivity index (χ3v) is 3.08. The van der Waals surface area contributed by atoms with E-state index in [1.54, 1.807) is 0 Å². The molecule has 86 valence electrons. The van der Waals surface area contributed by atoms with E-state index in [4.69, 9.17) is 0 Å². The summed E-state index contributed by atoms with van der Waals surface area (Å²) in [4.78, 5) is 4.76. The van der Waals surface area contributed by atoms with Crippen LogP contribution in [0.1, 0.15) is 27.2 Å². The van der Waals surface area contributed by atoms with Gasteiger partial charge in [-0.25, -0.2) is 0 Å². The first kappa shape index (κ1) is 11.1. The second kappa shape index (κ2) is 4.60. The Kier molecular flexibility index (Phi) is 3.18. The lowest BCUT2D eigenvalue weighted by atomic mass is 10.2. The molecular formula is C14H20N2. The maximum atomic E-state index is 2.41. The minimum absolute atomic E-state index is 0.461. The summed E-state index contributed by atoms with van der Waals surface area (Å²) in [6.45, 7) is 6.71. The van der Waals surface area contributed by atoms with Crippen LogP contribution in [0.4, 0.5) is 5.69 Å². The van der Waals surface area contributed by atoms with Crippen molar-refractivity contribution in [2.75, 3.05) is 4.90 Å². The lowest BCUT2D eigenvalue weighted by molar-refractivity contribution is 0.243. The van der Waals surface area contributed by atoms with Crippen molar-refractivity contribution in [1.82, 2.24) is 4.90 Å². The molecule has 0 fully saturated rings. The number of para-hydroxylation sites is 1. The molecule has 16 heavy (non-hydrogen) atoms. The van der Waals surface area contributed by atoms with Crippen molar-refractivity contribution in [3.63, 3.8) is 0 Å². The third-order valence-electron chi connectivity index (χ3n) is 3.08. The van der Waals surface area contributed by atoms with Gasteiger partial charge in [0.25, 0.3) is 0 Å². The summed E-state index contributed by atoms with van der Waals surface area (Å²) in [6.07, 6.45) is 5.97. The zero-order valence-electron chi connectivity index (χ0n) is 10.3. The number of benzene rings is 1. The van der Waals surface area contributed by atoms with E-state index < -0.39 is 0 Å². The molecule has 1 aliphatic heterocycles. The van der Waals surface area contributed by atoms with Crippen LogP contribution in [0.15, 0.2) is 42.7 Å². The number of nitrogens with zero attached hydrogens (tertiary/aromatic N) is 2. The number of anilines is 1. The summed E-state index contributed by atoms with van der Waals surface area (Å²) in [5, 5.41) is 0. The predicted molar refractivity (Wildman–Crippen MR) is 69.1 cm³/mol. The van der Waals surface area contributed by atoms with Crippen LogP contribution in [-0.4, -0.2) is 17.1 Å². The molecule has 2 heteroatoms. The molecule has 2 rings (SSSR count). The van der Waals surface area contributed by atoms with Crippen molar-refractivity contribution in [2.24, 2.45) is 0 Å². The predicted octanol–water partition coefficient (Wildman–Crippen LogP) is 3.42. The molecule has 0 N–H and O–H groups in total. The zero-order chi connectivity index (χ0) is 11.5. The van der Waals surface area contributed by atoms with Crippen molar-refractivity contribution < 1.29 is 0 Å². The smallest absolute Gasteiger partial charge is 0.105 e. The summed E-state index contributed by atoms with van der Waals surface area (Å²) in [6, 6.07) is 11.1. The SMILES string of the molecule is CCC1N(c2ccccc2)C=CN1C(C)C. The van der Waals surface area contributed by atoms with Gasteiger partial charge in [-0.1, -0.05) is 25.1 Å². The van der Waals surface area contributed by atoms with Gasteiger partial charge in [-0.15, -0.1) is 0 Å². The average Bonchev–Trinajstić information content (AvgIpc) is 2.73. The van der Waals surface area contributed by atoms with E-state index in [1.165, 1.54) is 5.69 Å². The highest BCUT2D eigenvalue weighted by Crippen LogP contribution is 2.27. The van der Waals surface area contributed by atoms with E-state index in [0.717, 1.165) is 6.42 Å². The van der Waals surface area contributed by atoms with Gasteiger partial charge >= 0.3 is 0 Å². The van der Waals surface area contributed by atoms with Gasteiger partial charge in [-0.05, 0) is 32.4 Å². The fraction of sp³-hybridized carbons (Fsp3) is 0.429. The van der Waals surface area contributed by atoms with E-state index >= 15 is 0 Å². The standard InChI is InChI=1S/C14H20N2/c1-4-14-15(12(2)3)10-11-16(14)13-8-6-5-7-9-13/h5-12,14H,4H2,1-3H3. The average molecular weight is 216 g/mol. The topological polar surface area (TPSA) is 6.48 Å². The Hall–Kier alpha value is -1.44. The minimum atomic E-state index is 0.461. The fourth-order valence-electron chi connectivity index (χ4n) is 2.27. The molecule has 0 saturated heterocycles. The van der Waals surface area contributed by atoms with E-state index in [9.17, 15) is 0 Å². The minimum Gasteiger partial charge on any atom is -0.353 e. The number of hydrogen-bond acceptors (Lipinski definition) is 2. The summed E-state index contributed by atoms with van der Waals surface area (Å²) in [7, 11) is 0. The van der Waals surface area contributed by atoms with E-state index in [2.05, 4.69) is 73.3 Å². The molecule has 0 aliphatic carbocycles. The van der Waals surface area contributed by atoms with Crippen LogP contribution in [-0.2, 0) is 0 Å². The van der Waals surface area contributed by atoms with Crippen LogP contribution in [0.2, 0.25) is 0 Å². The lowest BCUT2D eigenvalue weighted by Crippen LogP contribution is -2.41. The highest BCUT2D eigenvalue weighted by atomic mass is 15.4. The first-order valence-electron chi connectivity index (χ1n) is 6.03. The number of rotatable bonds is 3. The van der Waals surface area contributed by atoms with Gasteiger partial charge in [0.15, 0.2) is 0 Å². The van der Waals surface area contributed by atoms with E-state index in [-0.39, 0.29) is 0 Å². The van der Waals surface area contributed by atoms with E-state index in [1.807, 2.05) is 0 Å². The number of hydrogen-bond donors (Lipinski definition) is 0. The molecule has 1 unspecified atom stereocenters. The normalized spacial score (nSPS) is 19.9. The van der Waals surface area contributed by atoms with Crippen LogP contribution in [0.5, 0.6) is 0 Å². The van der Waals surface area contributed by atoms with Gasteiger partial charge in [-0.2, -0.15) is 0 Å². The van der Waals surface area contributed by atoms with Crippen LogP contribution in [0, 0.1) is 0 Å². The molecule has 0 amide bonds. The summed E-state index contributed by atoms with van der Waals surface area (Å²) in [5.74, 6) is 0. The van der Waals surface area contributed by atoms with Crippen LogP contribution in [0.3, 0.4) is 0 Å². The molecule has 1 aliphatic rings. The van der Waals surface area contributed by atoms with Crippen LogP contribution >= 0.6 is 0 Å². The van der Waals surface area contributed by atoms with Gasteiger partial charge < -0.3 is 9.80 Å². The molecule has 0 spiro atoms. The van der Waals surface area contributed by atoms with Crippen LogP contribution in [0.25, 0.3) is 0 Å². The quantitative estimate of drug-likeness (QED) is 0.764. The van der Waals surface area contributed by atoms with Crippen molar-refractivity contribution in [1.29, 1.82) is 0 Å². The largest absolute Gasteiger partial charge is 0.353 e. The second-order valence-corrected chi connectivity index (χ2v) is 4.47. The van der Waals surface area contributed by atoms with Gasteiger partial charge in [0.1, 0.15) is 6.17 Å². The lowest BCUT2D eigenvalue weighted by Gasteiger charge is -2.34. The van der Waals surface area contributed by atoms with E-state index in [0.29, 0.717) is 12.2 Å². The summed E-state index contributed by atoms with van der Waals surface area (Å²) >= 11 is 0. The molecule has 2 nitrogen and oxygen atoms in total. The second-order valence-electron chi connectivity index (χ2n) is 4.47. The summed E-state index contributed by atoms with van der Waals surface area (Å²) in [5.41, 5.74) is 1.27. The molecule has 0 bridgehead atoms. The third kappa shape index (κ3) is 1.92. The molecule has 1 heterocycles. The Labute approximate surface area is 98.2 Å². The Morgan fingerprint density at radius 3 is 2.38 bits per heavy atom. The maximum absolute atomic E-state index is 2.41. The van der Waals surface area contributed by atoms with Gasteiger partial charge in [0.2, 0.25) is 0 Å². The zero-order valence-corrected chi connectivity index (χ0v) is 10.3. The molecule has 0 radical (unpaired) electrons. The molecule has 1 aromatic rings. The Bertz CT molecular complexity index is 356. The first-order chi connectivity index (χ1) is 7.74. The maximum Gasteiger partial charge on any atom is 0.105 e. The molecule has 1 atom stereocenters. The molecule has 0 aromatic heterocycles. The van der Waals surface area contributed by atoms with Gasteiger partial charge in [0.05, 0.1) is 0 Å². The van der Waals surface area contributed by atoms with Crippen molar-refractivity contribution in [2.45, 2.75) is 39.4 Å². The Balaban J connectivity index is 2.22. The highest BCUT2D eigenvalue weighted by Gasteiger charge is 2.26. The molecule has 0 saturated carbocycles. The highest BCUT2D eigenvalue weighted by molar-refractivity contribution is 5.51. The monoisotopic (exact) mass is 216 g/mol. The molecular weight excluding hydrogens is 196 g/mol. The molecule has 1 aromatic carbocycles. The van der Waals surface area contributed by atoms with Gasteiger partial charge in [-0.3, -0.25) is 0 Å². The fourth-order valence-corrected chi connectivity index (χ4v) is 2.27.